The van der Waals surface area contributed by atoms with Gasteiger partial charge in [0.15, 0.2) is 5.65 Å². The number of nitrogens with zero attached hydrogens (tertiary/aromatic N) is 5. The van der Waals surface area contributed by atoms with Crippen LogP contribution in [0.25, 0.3) is 27.9 Å². The smallest absolute Gasteiger partial charge is 0.224 e. The second kappa shape index (κ2) is 5.02. The van der Waals surface area contributed by atoms with Gasteiger partial charge in [0.1, 0.15) is 5.65 Å². The Kier molecular flexibility index (Phi) is 2.82. The van der Waals surface area contributed by atoms with Gasteiger partial charge in [-0.1, -0.05) is 0 Å². The number of H-pyrrole nitrogens is 1. The van der Waals surface area contributed by atoms with Crippen molar-refractivity contribution in [2.75, 3.05) is 5.32 Å². The average molecular weight is 319 g/mol. The van der Waals surface area contributed by atoms with Crippen molar-refractivity contribution in [3.8, 4) is 11.3 Å². The Bertz CT molecular complexity index is 1030. The molecule has 0 spiro atoms. The van der Waals surface area contributed by atoms with Gasteiger partial charge in [0.2, 0.25) is 5.95 Å². The summed E-state index contributed by atoms with van der Waals surface area (Å²) in [6.45, 7) is 2.19. The number of imidazole rings is 1. The van der Waals surface area contributed by atoms with Gasteiger partial charge in [-0.15, -0.1) is 0 Å². The first-order valence-electron chi connectivity index (χ1n) is 8.19. The average Bonchev–Trinajstić information content (AvgIpc) is 3.20. The topological polar surface area (TPSA) is 83.8 Å². The molecule has 1 aliphatic carbocycles. The molecule has 0 aromatic carbocycles. The van der Waals surface area contributed by atoms with Crippen molar-refractivity contribution in [1.82, 2.24) is 29.5 Å². The molecular formula is C17H17N7. The fraction of sp³-hybridized carbons (Fsp3) is 0.294. The molecule has 2 N–H and O–H groups in total. The maximum absolute atomic E-state index is 4.60. The molecule has 24 heavy (non-hydrogen) atoms. The van der Waals surface area contributed by atoms with Gasteiger partial charge in [-0.3, -0.25) is 0 Å². The molecule has 1 aliphatic rings. The van der Waals surface area contributed by atoms with Gasteiger partial charge in [-0.25, -0.2) is 14.5 Å². The molecule has 7 heteroatoms. The Hall–Kier alpha value is -2.96. The summed E-state index contributed by atoms with van der Waals surface area (Å²) in [5.74, 6) is 1.43. The van der Waals surface area contributed by atoms with E-state index >= 15 is 0 Å². The van der Waals surface area contributed by atoms with Crippen LogP contribution in [0.15, 0.2) is 36.9 Å². The van der Waals surface area contributed by atoms with E-state index in [1.54, 1.807) is 10.7 Å². The molecule has 1 fully saturated rings. The van der Waals surface area contributed by atoms with Crippen LogP contribution >= 0.6 is 0 Å². The van der Waals surface area contributed by atoms with Crippen LogP contribution in [0.2, 0.25) is 0 Å². The number of hydrogen-bond acceptors (Lipinski definition) is 5. The summed E-state index contributed by atoms with van der Waals surface area (Å²) in [5, 5.41) is 8.95. The summed E-state index contributed by atoms with van der Waals surface area (Å²) in [6, 6.07) is 4.34. The van der Waals surface area contributed by atoms with Gasteiger partial charge in [0, 0.05) is 41.8 Å². The Morgan fingerprint density at radius 1 is 1.29 bits per heavy atom. The minimum Gasteiger partial charge on any atom is -0.351 e. The van der Waals surface area contributed by atoms with Crippen molar-refractivity contribution in [1.29, 1.82) is 0 Å². The lowest BCUT2D eigenvalue weighted by atomic mass is 10.2. The predicted molar refractivity (Wildman–Crippen MR) is 91.7 cm³/mol. The molecule has 0 saturated heterocycles. The van der Waals surface area contributed by atoms with Gasteiger partial charge in [0.05, 0.1) is 5.69 Å². The number of anilines is 1. The Morgan fingerprint density at radius 3 is 3.08 bits per heavy atom. The molecule has 0 unspecified atom stereocenters. The van der Waals surface area contributed by atoms with E-state index in [2.05, 4.69) is 37.3 Å². The maximum Gasteiger partial charge on any atom is 0.224 e. The quantitative estimate of drug-likeness (QED) is 0.604. The number of nitrogens with one attached hydrogen (secondary N) is 2. The molecule has 120 valence electrons. The molecule has 7 nitrogen and oxygen atoms in total. The number of aromatic nitrogens is 6. The molecule has 0 radical (unpaired) electrons. The summed E-state index contributed by atoms with van der Waals surface area (Å²) in [5.41, 5.74) is 3.50. The van der Waals surface area contributed by atoms with Crippen molar-refractivity contribution >= 4 is 22.6 Å². The van der Waals surface area contributed by atoms with E-state index in [1.165, 1.54) is 12.8 Å². The number of aromatic amines is 1. The normalized spacial score (nSPS) is 15.9. The van der Waals surface area contributed by atoms with Crippen molar-refractivity contribution in [2.24, 2.45) is 5.92 Å². The zero-order valence-corrected chi connectivity index (χ0v) is 13.3. The highest BCUT2D eigenvalue weighted by Gasteiger charge is 2.28. The second-order valence-electron chi connectivity index (χ2n) is 6.38. The highest BCUT2D eigenvalue weighted by atomic mass is 15.2. The van der Waals surface area contributed by atoms with Crippen LogP contribution in [-0.2, 0) is 0 Å². The molecule has 0 bridgehead atoms. The summed E-state index contributed by atoms with van der Waals surface area (Å²) in [4.78, 5) is 16.5. The first-order valence-corrected chi connectivity index (χ1v) is 8.19. The Morgan fingerprint density at radius 2 is 2.21 bits per heavy atom. The highest BCUT2D eigenvalue weighted by Crippen LogP contribution is 2.34. The summed E-state index contributed by atoms with van der Waals surface area (Å²) >= 11 is 0. The predicted octanol–water partition coefficient (Wildman–Crippen LogP) is 2.88. The van der Waals surface area contributed by atoms with E-state index in [4.69, 9.17) is 0 Å². The minimum absolute atomic E-state index is 0.419. The number of fused-ring (bicyclic) bond motifs is 2. The van der Waals surface area contributed by atoms with Crippen LogP contribution < -0.4 is 5.32 Å². The third kappa shape index (κ3) is 2.20. The molecule has 0 aliphatic heterocycles. The SMILES string of the molecule is C[C@@H](Nc1ncc2c(-c3ccc4nccn4n3)c[nH]c2n1)C1CC1. The van der Waals surface area contributed by atoms with Gasteiger partial charge in [0.25, 0.3) is 0 Å². The molecule has 4 aromatic rings. The first-order chi connectivity index (χ1) is 11.8. The number of hydrogen-bond donors (Lipinski definition) is 2. The van der Waals surface area contributed by atoms with Crippen molar-refractivity contribution in [3.05, 3.63) is 36.9 Å². The molecule has 5 rings (SSSR count). The minimum atomic E-state index is 0.419. The zero-order chi connectivity index (χ0) is 16.1. The van der Waals surface area contributed by atoms with E-state index in [9.17, 15) is 0 Å². The van der Waals surface area contributed by atoms with Crippen LogP contribution in [0.4, 0.5) is 5.95 Å². The fourth-order valence-electron chi connectivity index (χ4n) is 3.07. The molecule has 4 aromatic heterocycles. The van der Waals surface area contributed by atoms with Crippen LogP contribution in [0, 0.1) is 5.92 Å². The van der Waals surface area contributed by atoms with Crippen LogP contribution in [0.1, 0.15) is 19.8 Å². The van der Waals surface area contributed by atoms with Crippen LogP contribution in [0.3, 0.4) is 0 Å². The monoisotopic (exact) mass is 319 g/mol. The largest absolute Gasteiger partial charge is 0.351 e. The van der Waals surface area contributed by atoms with Crippen LogP contribution in [0.5, 0.6) is 0 Å². The lowest BCUT2D eigenvalue weighted by Crippen LogP contribution is -2.18. The van der Waals surface area contributed by atoms with Gasteiger partial charge in [-0.05, 0) is 37.8 Å². The molecular weight excluding hydrogens is 302 g/mol. The molecule has 1 atom stereocenters. The van der Waals surface area contributed by atoms with E-state index in [0.29, 0.717) is 12.0 Å². The molecule has 1 saturated carbocycles. The maximum atomic E-state index is 4.60. The van der Waals surface area contributed by atoms with Gasteiger partial charge < -0.3 is 10.3 Å². The standard InChI is InChI=1S/C17H17N7/c1-10(11-2-3-11)21-17-20-9-13-12(8-19-16(13)22-17)14-4-5-15-18-6-7-24(15)23-14/h4-11H,2-3H2,1H3,(H2,19,20,21,22)/t10-/m1/s1. The Labute approximate surface area is 138 Å². The second-order valence-corrected chi connectivity index (χ2v) is 6.38. The molecule has 0 amide bonds. The third-order valence-corrected chi connectivity index (χ3v) is 4.65. The van der Waals surface area contributed by atoms with Crippen molar-refractivity contribution in [3.63, 3.8) is 0 Å². The summed E-state index contributed by atoms with van der Waals surface area (Å²) in [6.07, 6.45) is 9.96. The summed E-state index contributed by atoms with van der Waals surface area (Å²) in [7, 11) is 0. The number of rotatable bonds is 4. The lowest BCUT2D eigenvalue weighted by Gasteiger charge is -2.12. The summed E-state index contributed by atoms with van der Waals surface area (Å²) < 4.78 is 1.77. The lowest BCUT2D eigenvalue weighted by molar-refractivity contribution is 0.687. The first kappa shape index (κ1) is 13.5. The van der Waals surface area contributed by atoms with Crippen LogP contribution in [-0.4, -0.2) is 35.6 Å². The van der Waals surface area contributed by atoms with E-state index in [1.807, 2.05) is 30.7 Å². The van der Waals surface area contributed by atoms with E-state index < -0.39 is 0 Å². The van der Waals surface area contributed by atoms with E-state index in [0.717, 1.165) is 33.9 Å². The van der Waals surface area contributed by atoms with Gasteiger partial charge >= 0.3 is 0 Å². The third-order valence-electron chi connectivity index (χ3n) is 4.65. The van der Waals surface area contributed by atoms with Gasteiger partial charge in [-0.2, -0.15) is 10.1 Å². The van der Waals surface area contributed by atoms with Crippen molar-refractivity contribution in [2.45, 2.75) is 25.8 Å². The molecule has 4 heterocycles. The Balaban J connectivity index is 1.52. The van der Waals surface area contributed by atoms with E-state index in [-0.39, 0.29) is 0 Å². The zero-order valence-electron chi connectivity index (χ0n) is 13.3. The van der Waals surface area contributed by atoms with Crippen molar-refractivity contribution < 1.29 is 0 Å². The highest BCUT2D eigenvalue weighted by molar-refractivity contribution is 5.92. The fourth-order valence-corrected chi connectivity index (χ4v) is 3.07.